The molecule has 2 aromatic carbocycles. The molecule has 1 saturated heterocycles. The predicted octanol–water partition coefficient (Wildman–Crippen LogP) is 4.60. The standard InChI is InChI=1S/C35H38N4O4/c1-4-18-36-19-21-37(22-20-36)34(41)32-17-15-29-25-39(31-13-9-8-12-28(31)24-38(29)32)33(40)27-14-16-30(26-10-6-5-7-11-26)35(23-27,42-2)43-3/h4-17,23,30H,1,18-22,24-25H2,2-3H3. The number of ether oxygens (including phenoxy) is 2. The Balaban J connectivity index is 1.30. The van der Waals surface area contributed by atoms with Gasteiger partial charge in [0.1, 0.15) is 5.69 Å². The molecule has 3 aliphatic rings. The van der Waals surface area contributed by atoms with Gasteiger partial charge in [0.15, 0.2) is 5.79 Å². The Morgan fingerprint density at radius 2 is 1.63 bits per heavy atom. The van der Waals surface area contributed by atoms with E-state index in [1.165, 1.54) is 0 Å². The molecule has 0 bridgehead atoms. The Hall–Kier alpha value is -4.24. The highest BCUT2D eigenvalue weighted by Crippen LogP contribution is 2.40. The van der Waals surface area contributed by atoms with E-state index in [-0.39, 0.29) is 17.7 Å². The van der Waals surface area contributed by atoms with E-state index in [0.717, 1.165) is 42.1 Å². The van der Waals surface area contributed by atoms with Crippen molar-refractivity contribution in [2.45, 2.75) is 24.8 Å². The molecule has 8 nitrogen and oxygen atoms in total. The largest absolute Gasteiger partial charge is 0.349 e. The minimum Gasteiger partial charge on any atom is -0.349 e. The molecular weight excluding hydrogens is 540 g/mol. The molecule has 0 radical (unpaired) electrons. The SMILES string of the molecule is C=CCN1CCN(C(=O)c2ccc3n2Cc2ccccc2N(C(=O)C2=CC(OC)(OC)C(c4ccccc4)C=C2)C3)CC1. The van der Waals surface area contributed by atoms with Crippen molar-refractivity contribution in [1.29, 1.82) is 0 Å². The maximum absolute atomic E-state index is 14.3. The van der Waals surface area contributed by atoms with E-state index in [4.69, 9.17) is 9.47 Å². The third kappa shape index (κ3) is 5.38. The zero-order valence-electron chi connectivity index (χ0n) is 24.8. The Labute approximate surface area is 253 Å². The minimum absolute atomic E-state index is 0.0246. The van der Waals surface area contributed by atoms with Gasteiger partial charge < -0.3 is 23.8 Å². The van der Waals surface area contributed by atoms with Crippen molar-refractivity contribution in [2.75, 3.05) is 51.8 Å². The van der Waals surface area contributed by atoms with Crippen molar-refractivity contribution in [3.05, 3.63) is 126 Å². The van der Waals surface area contributed by atoms with Gasteiger partial charge in [-0.15, -0.1) is 6.58 Å². The molecule has 1 fully saturated rings. The van der Waals surface area contributed by atoms with Gasteiger partial charge >= 0.3 is 0 Å². The molecule has 1 unspecified atom stereocenters. The molecule has 2 aliphatic heterocycles. The van der Waals surface area contributed by atoms with E-state index in [9.17, 15) is 9.59 Å². The summed E-state index contributed by atoms with van der Waals surface area (Å²) in [4.78, 5) is 34.0. The fraction of sp³-hybridized carbons (Fsp3) is 0.314. The number of nitrogens with zero attached hydrogens (tertiary/aromatic N) is 4. The molecular formula is C35H38N4O4. The van der Waals surface area contributed by atoms with E-state index in [1.54, 1.807) is 25.2 Å². The van der Waals surface area contributed by atoms with Crippen LogP contribution in [-0.4, -0.2) is 78.9 Å². The molecule has 3 heterocycles. The van der Waals surface area contributed by atoms with Gasteiger partial charge in [-0.05, 0) is 35.4 Å². The highest BCUT2D eigenvalue weighted by molar-refractivity contribution is 6.08. The molecule has 222 valence electrons. The van der Waals surface area contributed by atoms with Gasteiger partial charge in [0, 0.05) is 63.9 Å². The van der Waals surface area contributed by atoms with Crippen LogP contribution in [0.1, 0.15) is 33.2 Å². The lowest BCUT2D eigenvalue weighted by molar-refractivity contribution is -0.179. The summed E-state index contributed by atoms with van der Waals surface area (Å²) >= 11 is 0. The number of hydrogen-bond acceptors (Lipinski definition) is 5. The molecule has 6 rings (SSSR count). The molecule has 0 spiro atoms. The monoisotopic (exact) mass is 578 g/mol. The molecule has 1 aliphatic carbocycles. The topological polar surface area (TPSA) is 67.2 Å². The zero-order valence-corrected chi connectivity index (χ0v) is 24.8. The van der Waals surface area contributed by atoms with Crippen molar-refractivity contribution in [2.24, 2.45) is 0 Å². The molecule has 0 N–H and O–H groups in total. The molecule has 8 heteroatoms. The highest BCUT2D eigenvalue weighted by Gasteiger charge is 2.41. The molecule has 0 saturated carbocycles. The first-order valence-corrected chi connectivity index (χ1v) is 14.7. The van der Waals surface area contributed by atoms with Gasteiger partial charge in [0.2, 0.25) is 0 Å². The third-order valence-electron chi connectivity index (χ3n) is 8.82. The first-order valence-electron chi connectivity index (χ1n) is 14.7. The summed E-state index contributed by atoms with van der Waals surface area (Å²) in [5.74, 6) is -1.49. The molecule has 1 atom stereocenters. The van der Waals surface area contributed by atoms with Crippen LogP contribution in [0.15, 0.2) is 103 Å². The number of rotatable bonds is 7. The summed E-state index contributed by atoms with van der Waals surface area (Å²) in [7, 11) is 3.20. The fourth-order valence-electron chi connectivity index (χ4n) is 6.44. The van der Waals surface area contributed by atoms with E-state index >= 15 is 0 Å². The number of methoxy groups -OCH3 is 2. The van der Waals surface area contributed by atoms with E-state index in [1.807, 2.05) is 89.9 Å². The van der Waals surface area contributed by atoms with E-state index in [2.05, 4.69) is 16.0 Å². The maximum atomic E-state index is 14.3. The second-order valence-electron chi connectivity index (χ2n) is 11.2. The summed E-state index contributed by atoms with van der Waals surface area (Å²) in [6, 6.07) is 21.8. The van der Waals surface area contributed by atoms with E-state index < -0.39 is 5.79 Å². The average molecular weight is 579 g/mol. The number of carbonyl (C=O) groups is 2. The van der Waals surface area contributed by atoms with Crippen LogP contribution >= 0.6 is 0 Å². The van der Waals surface area contributed by atoms with Gasteiger partial charge in [-0.25, -0.2) is 0 Å². The predicted molar refractivity (Wildman–Crippen MR) is 167 cm³/mol. The number of piperazine rings is 1. The minimum atomic E-state index is -1.14. The van der Waals surface area contributed by atoms with Crippen molar-refractivity contribution in [3.63, 3.8) is 0 Å². The van der Waals surface area contributed by atoms with Gasteiger partial charge in [-0.1, -0.05) is 66.8 Å². The molecule has 2 amide bonds. The number of carbonyl (C=O) groups excluding carboxylic acids is 2. The highest BCUT2D eigenvalue weighted by atomic mass is 16.7. The lowest BCUT2D eigenvalue weighted by atomic mass is 9.84. The summed E-state index contributed by atoms with van der Waals surface area (Å²) in [6.07, 6.45) is 7.54. The lowest BCUT2D eigenvalue weighted by Crippen LogP contribution is -2.49. The van der Waals surface area contributed by atoms with E-state index in [0.29, 0.717) is 37.4 Å². The van der Waals surface area contributed by atoms with Crippen molar-refractivity contribution >= 4 is 17.5 Å². The number of amides is 2. The van der Waals surface area contributed by atoms with Gasteiger partial charge in [-0.2, -0.15) is 0 Å². The molecule has 1 aromatic heterocycles. The van der Waals surface area contributed by atoms with Crippen molar-refractivity contribution < 1.29 is 19.1 Å². The van der Waals surface area contributed by atoms with Crippen LogP contribution in [0.25, 0.3) is 0 Å². The number of aromatic nitrogens is 1. The number of para-hydroxylation sites is 1. The van der Waals surface area contributed by atoms with Crippen molar-refractivity contribution in [1.82, 2.24) is 14.4 Å². The normalized spacial score (nSPS) is 19.7. The number of benzene rings is 2. The number of anilines is 1. The van der Waals surface area contributed by atoms with Gasteiger partial charge in [0.25, 0.3) is 11.8 Å². The fourth-order valence-corrected chi connectivity index (χ4v) is 6.44. The van der Waals surface area contributed by atoms with Crippen LogP contribution in [0, 0.1) is 0 Å². The smallest absolute Gasteiger partial charge is 0.270 e. The summed E-state index contributed by atoms with van der Waals surface area (Å²) < 4.78 is 14.0. The number of hydrogen-bond donors (Lipinski definition) is 0. The van der Waals surface area contributed by atoms with Crippen LogP contribution in [0.3, 0.4) is 0 Å². The first kappa shape index (κ1) is 28.9. The molecule has 3 aromatic rings. The quantitative estimate of drug-likeness (QED) is 0.303. The maximum Gasteiger partial charge on any atom is 0.270 e. The van der Waals surface area contributed by atoms with Crippen LogP contribution in [0.4, 0.5) is 5.69 Å². The zero-order chi connectivity index (χ0) is 30.0. The Morgan fingerprint density at radius 1 is 0.907 bits per heavy atom. The van der Waals surface area contributed by atoms with Crippen molar-refractivity contribution in [3.8, 4) is 0 Å². The second-order valence-corrected chi connectivity index (χ2v) is 11.2. The Bertz CT molecular complexity index is 1560. The number of fused-ring (bicyclic) bond motifs is 2. The van der Waals surface area contributed by atoms with Crippen LogP contribution in [-0.2, 0) is 27.4 Å². The van der Waals surface area contributed by atoms with Gasteiger partial charge in [0.05, 0.1) is 19.0 Å². The summed E-state index contributed by atoms with van der Waals surface area (Å²) in [5.41, 5.74) is 4.87. The Morgan fingerprint density at radius 3 is 2.35 bits per heavy atom. The summed E-state index contributed by atoms with van der Waals surface area (Å²) in [5, 5.41) is 0. The Kier molecular flexibility index (Phi) is 8.17. The lowest BCUT2D eigenvalue weighted by Gasteiger charge is -2.37. The van der Waals surface area contributed by atoms with Gasteiger partial charge in [-0.3, -0.25) is 14.5 Å². The van der Waals surface area contributed by atoms with Crippen LogP contribution in [0.2, 0.25) is 0 Å². The van der Waals surface area contributed by atoms with Crippen LogP contribution in [0.5, 0.6) is 0 Å². The average Bonchev–Trinajstić information content (AvgIpc) is 3.37. The first-order chi connectivity index (χ1) is 21.0. The third-order valence-corrected chi connectivity index (χ3v) is 8.82. The second kappa shape index (κ2) is 12.2. The van der Waals surface area contributed by atoms with Crippen LogP contribution < -0.4 is 4.90 Å². The molecule has 43 heavy (non-hydrogen) atoms. The summed E-state index contributed by atoms with van der Waals surface area (Å²) in [6.45, 7) is 8.51.